The van der Waals surface area contributed by atoms with Gasteiger partial charge in [-0.15, -0.1) is 0 Å². The molecule has 0 heterocycles. The normalized spacial score (nSPS) is 12.1. The molecule has 0 radical (unpaired) electrons. The van der Waals surface area contributed by atoms with E-state index in [-0.39, 0.29) is 5.41 Å². The Morgan fingerprint density at radius 2 is 1.60 bits per heavy atom. The fourth-order valence-corrected chi connectivity index (χ4v) is 2.32. The molecule has 0 bridgehead atoms. The van der Waals surface area contributed by atoms with E-state index in [4.69, 9.17) is 0 Å². The van der Waals surface area contributed by atoms with Crippen LogP contribution in [0.5, 0.6) is 0 Å². The predicted octanol–water partition coefficient (Wildman–Crippen LogP) is 4.94. The van der Waals surface area contributed by atoms with E-state index in [1.165, 1.54) is 43.4 Å². The zero-order chi connectivity index (χ0) is 15.0. The predicted molar refractivity (Wildman–Crippen MR) is 90.4 cm³/mol. The zero-order valence-electron chi connectivity index (χ0n) is 14.1. The molecule has 0 spiro atoms. The number of nitrogens with one attached hydrogen (secondary N) is 1. The minimum absolute atomic E-state index is 0.264. The largest absolute Gasteiger partial charge is 0.316 e. The van der Waals surface area contributed by atoms with Crippen LogP contribution in [0.3, 0.4) is 0 Å². The summed E-state index contributed by atoms with van der Waals surface area (Å²) in [5.74, 6) is 0.760. The van der Waals surface area contributed by atoms with Crippen LogP contribution in [0, 0.1) is 5.92 Å². The Morgan fingerprint density at radius 3 is 2.15 bits per heavy atom. The monoisotopic (exact) mass is 275 g/mol. The second kappa shape index (κ2) is 8.46. The molecule has 1 nitrogen and oxygen atoms in total. The van der Waals surface area contributed by atoms with Gasteiger partial charge in [-0.25, -0.2) is 0 Å². The van der Waals surface area contributed by atoms with Crippen LogP contribution < -0.4 is 5.32 Å². The highest BCUT2D eigenvalue weighted by molar-refractivity contribution is 5.27. The van der Waals surface area contributed by atoms with Crippen molar-refractivity contribution in [3.8, 4) is 0 Å². The third-order valence-electron chi connectivity index (χ3n) is 3.69. The fraction of sp³-hybridized carbons (Fsp3) is 0.684. The Balaban J connectivity index is 2.16. The maximum atomic E-state index is 3.51. The number of rotatable bonds is 8. The summed E-state index contributed by atoms with van der Waals surface area (Å²) in [6.45, 7) is 13.6. The van der Waals surface area contributed by atoms with Gasteiger partial charge in [0.2, 0.25) is 0 Å². The van der Waals surface area contributed by atoms with Crippen LogP contribution in [0.15, 0.2) is 24.3 Å². The zero-order valence-corrected chi connectivity index (χ0v) is 14.1. The Morgan fingerprint density at radius 1 is 0.950 bits per heavy atom. The maximum absolute atomic E-state index is 3.51. The van der Waals surface area contributed by atoms with Gasteiger partial charge in [-0.3, -0.25) is 0 Å². The van der Waals surface area contributed by atoms with Crippen LogP contribution in [-0.2, 0) is 11.8 Å². The van der Waals surface area contributed by atoms with Crippen molar-refractivity contribution in [3.63, 3.8) is 0 Å². The molecule has 0 unspecified atom stereocenters. The van der Waals surface area contributed by atoms with E-state index in [0.717, 1.165) is 12.5 Å². The fourth-order valence-electron chi connectivity index (χ4n) is 2.32. The third-order valence-corrected chi connectivity index (χ3v) is 3.69. The van der Waals surface area contributed by atoms with Crippen molar-refractivity contribution < 1.29 is 0 Å². The van der Waals surface area contributed by atoms with E-state index in [1.54, 1.807) is 0 Å². The Labute approximate surface area is 126 Å². The molecule has 1 aromatic rings. The smallest absolute Gasteiger partial charge is 0.00258 e. The van der Waals surface area contributed by atoms with Crippen molar-refractivity contribution in [1.82, 2.24) is 5.32 Å². The van der Waals surface area contributed by atoms with Gasteiger partial charge in [0.25, 0.3) is 0 Å². The molecule has 0 amide bonds. The Kier molecular flexibility index (Phi) is 7.29. The van der Waals surface area contributed by atoms with E-state index in [9.17, 15) is 0 Å². The van der Waals surface area contributed by atoms with Crippen molar-refractivity contribution in [3.05, 3.63) is 35.4 Å². The van der Waals surface area contributed by atoms with Crippen molar-refractivity contribution >= 4 is 0 Å². The molecule has 0 aliphatic carbocycles. The van der Waals surface area contributed by atoms with E-state index < -0.39 is 0 Å². The lowest BCUT2D eigenvalue weighted by molar-refractivity contribution is 0.530. The van der Waals surface area contributed by atoms with Crippen molar-refractivity contribution in [2.75, 3.05) is 13.1 Å². The number of hydrogen-bond donors (Lipinski definition) is 1. The Bertz CT molecular complexity index is 356. The van der Waals surface area contributed by atoms with Gasteiger partial charge in [0.15, 0.2) is 0 Å². The number of benzene rings is 1. The number of hydrogen-bond acceptors (Lipinski definition) is 1. The van der Waals surface area contributed by atoms with E-state index >= 15 is 0 Å². The molecule has 1 rings (SSSR count). The van der Waals surface area contributed by atoms with Crippen LogP contribution in [0.25, 0.3) is 0 Å². The minimum atomic E-state index is 0.264. The Hall–Kier alpha value is -0.820. The quantitative estimate of drug-likeness (QED) is 0.662. The SMILES string of the molecule is CC(C)CNCCCCCc1ccc(C(C)(C)C)cc1. The molecule has 0 aliphatic heterocycles. The first kappa shape index (κ1) is 17.2. The minimum Gasteiger partial charge on any atom is -0.316 e. The van der Waals surface area contributed by atoms with Gasteiger partial charge in [-0.1, -0.05) is 65.3 Å². The van der Waals surface area contributed by atoms with Crippen molar-refractivity contribution in [2.24, 2.45) is 5.92 Å². The van der Waals surface area contributed by atoms with Crippen molar-refractivity contribution in [1.29, 1.82) is 0 Å². The summed E-state index contributed by atoms with van der Waals surface area (Å²) in [5.41, 5.74) is 3.17. The molecule has 114 valence electrons. The summed E-state index contributed by atoms with van der Waals surface area (Å²) in [5, 5.41) is 3.51. The molecule has 20 heavy (non-hydrogen) atoms. The molecule has 1 N–H and O–H groups in total. The van der Waals surface area contributed by atoms with Gasteiger partial charge in [0, 0.05) is 0 Å². The van der Waals surface area contributed by atoms with Gasteiger partial charge in [0.1, 0.15) is 0 Å². The first-order valence-electron chi connectivity index (χ1n) is 8.19. The number of aryl methyl sites for hydroxylation is 1. The molecule has 0 atom stereocenters. The van der Waals surface area contributed by atoms with Gasteiger partial charge < -0.3 is 5.32 Å². The molecule has 0 fully saturated rings. The first-order chi connectivity index (χ1) is 9.39. The van der Waals surface area contributed by atoms with E-state index in [0.29, 0.717) is 0 Å². The average molecular weight is 275 g/mol. The molecule has 0 saturated heterocycles. The summed E-state index contributed by atoms with van der Waals surface area (Å²) < 4.78 is 0. The lowest BCUT2D eigenvalue weighted by Crippen LogP contribution is -2.20. The van der Waals surface area contributed by atoms with Crippen LogP contribution in [0.2, 0.25) is 0 Å². The molecular formula is C19H33N. The number of unbranched alkanes of at least 4 members (excludes halogenated alkanes) is 2. The van der Waals surface area contributed by atoms with Crippen LogP contribution in [0.1, 0.15) is 65.0 Å². The molecule has 0 saturated carbocycles. The third kappa shape index (κ3) is 7.09. The highest BCUT2D eigenvalue weighted by atomic mass is 14.8. The lowest BCUT2D eigenvalue weighted by atomic mass is 9.86. The molecule has 1 heteroatoms. The van der Waals surface area contributed by atoms with Crippen molar-refractivity contribution in [2.45, 2.75) is 65.7 Å². The van der Waals surface area contributed by atoms with Gasteiger partial charge >= 0.3 is 0 Å². The highest BCUT2D eigenvalue weighted by Crippen LogP contribution is 2.22. The van der Waals surface area contributed by atoms with E-state index in [1.807, 2.05) is 0 Å². The average Bonchev–Trinajstić information content (AvgIpc) is 2.37. The van der Waals surface area contributed by atoms with Crippen LogP contribution in [0.4, 0.5) is 0 Å². The highest BCUT2D eigenvalue weighted by Gasteiger charge is 2.12. The van der Waals surface area contributed by atoms with Crippen LogP contribution >= 0.6 is 0 Å². The van der Waals surface area contributed by atoms with Gasteiger partial charge in [0.05, 0.1) is 0 Å². The van der Waals surface area contributed by atoms with Crippen LogP contribution in [-0.4, -0.2) is 13.1 Å². The topological polar surface area (TPSA) is 12.0 Å². The summed E-state index contributed by atoms with van der Waals surface area (Å²) in [6.07, 6.45) is 5.14. The second-order valence-electron chi connectivity index (χ2n) is 7.36. The second-order valence-corrected chi connectivity index (χ2v) is 7.36. The molecular weight excluding hydrogens is 242 g/mol. The first-order valence-corrected chi connectivity index (χ1v) is 8.19. The lowest BCUT2D eigenvalue weighted by Gasteiger charge is -2.19. The van der Waals surface area contributed by atoms with Gasteiger partial charge in [-0.05, 0) is 54.8 Å². The molecule has 0 aliphatic rings. The standard InChI is InChI=1S/C19H33N/c1-16(2)15-20-14-8-6-7-9-17-10-12-18(13-11-17)19(3,4)5/h10-13,16,20H,6-9,14-15H2,1-5H3. The summed E-state index contributed by atoms with van der Waals surface area (Å²) >= 11 is 0. The van der Waals surface area contributed by atoms with Gasteiger partial charge in [-0.2, -0.15) is 0 Å². The summed E-state index contributed by atoms with van der Waals surface area (Å²) in [6, 6.07) is 9.19. The molecule has 0 aromatic heterocycles. The molecule has 1 aromatic carbocycles. The summed E-state index contributed by atoms with van der Waals surface area (Å²) in [7, 11) is 0. The summed E-state index contributed by atoms with van der Waals surface area (Å²) in [4.78, 5) is 0. The van der Waals surface area contributed by atoms with E-state index in [2.05, 4.69) is 64.2 Å². The maximum Gasteiger partial charge on any atom is -0.00258 e.